The normalized spacial score (nSPS) is 11.6. The maximum absolute atomic E-state index is 13.8. The monoisotopic (exact) mass is 574 g/mol. The lowest BCUT2D eigenvalue weighted by atomic mass is 10.1. The minimum absolute atomic E-state index is 0.0319. The fraction of sp³-hybridized carbons (Fsp3) is 0.231. The highest BCUT2D eigenvalue weighted by Crippen LogP contribution is 2.35. The van der Waals surface area contributed by atoms with Gasteiger partial charge in [-0.15, -0.1) is 0 Å². The first-order valence-corrected chi connectivity index (χ1v) is 13.5. The number of ether oxygens (including phenoxy) is 2. The molecule has 1 N–H and O–H groups in total. The number of rotatable bonds is 11. The lowest BCUT2D eigenvalue weighted by molar-refractivity contribution is -0.385. The van der Waals surface area contributed by atoms with Crippen molar-refractivity contribution >= 4 is 44.6 Å². The number of hydrogen-bond donors (Lipinski definition) is 1. The molecule has 0 aliphatic rings. The van der Waals surface area contributed by atoms with E-state index >= 15 is 0 Å². The molecule has 39 heavy (non-hydrogen) atoms. The summed E-state index contributed by atoms with van der Waals surface area (Å²) in [5.74, 6) is 0.0321. The van der Waals surface area contributed by atoms with Crippen molar-refractivity contribution in [3.8, 4) is 11.5 Å². The smallest absolute Gasteiger partial charge is 0.273 e. The number of sulfonamides is 1. The number of hydrogen-bond acceptors (Lipinski definition) is 8. The Labute approximate surface area is 231 Å². The summed E-state index contributed by atoms with van der Waals surface area (Å²) in [5.41, 5.74) is 3.42. The predicted molar refractivity (Wildman–Crippen MR) is 148 cm³/mol. The van der Waals surface area contributed by atoms with Crippen LogP contribution in [0.2, 0.25) is 5.02 Å². The number of methoxy groups -OCH3 is 1. The second kappa shape index (κ2) is 12.6. The minimum atomic E-state index is -4.51. The molecule has 0 atom stereocenters. The van der Waals surface area contributed by atoms with Gasteiger partial charge in [-0.1, -0.05) is 17.7 Å². The van der Waals surface area contributed by atoms with E-state index in [-0.39, 0.29) is 32.6 Å². The third-order valence-corrected chi connectivity index (χ3v) is 7.58. The Morgan fingerprint density at radius 1 is 1.13 bits per heavy atom. The number of hydrazone groups is 1. The second-order valence-corrected chi connectivity index (χ2v) is 10.5. The lowest BCUT2D eigenvalue weighted by Gasteiger charge is -2.25. The zero-order chi connectivity index (χ0) is 28.7. The van der Waals surface area contributed by atoms with Crippen LogP contribution in [0.15, 0.2) is 70.7 Å². The maximum atomic E-state index is 13.8. The van der Waals surface area contributed by atoms with Crippen molar-refractivity contribution in [3.63, 3.8) is 0 Å². The molecule has 0 unspecified atom stereocenters. The summed E-state index contributed by atoms with van der Waals surface area (Å²) < 4.78 is 39.0. The van der Waals surface area contributed by atoms with Gasteiger partial charge in [0.15, 0.2) is 0 Å². The highest BCUT2D eigenvalue weighted by molar-refractivity contribution is 7.92. The zero-order valence-corrected chi connectivity index (χ0v) is 23.2. The highest BCUT2D eigenvalue weighted by Gasteiger charge is 2.31. The van der Waals surface area contributed by atoms with Crippen LogP contribution in [0.25, 0.3) is 0 Å². The van der Waals surface area contributed by atoms with Crippen LogP contribution in [0.4, 0.5) is 11.4 Å². The van der Waals surface area contributed by atoms with Gasteiger partial charge >= 0.3 is 0 Å². The molecule has 0 saturated carbocycles. The maximum Gasteiger partial charge on any atom is 0.273 e. The standard InChI is InChI=1S/C26H27ClN4O7S/c1-5-38-21-10-7-19(8-11-21)18(3)28-29-26(32)16-30(24-14-20(27)9-13-25(24)37-4)39(35,36)22-12-6-17(2)23(15-22)31(33)34/h6-15H,5,16H2,1-4H3,(H,29,32)/b28-18-. The molecule has 0 aliphatic heterocycles. The van der Waals surface area contributed by atoms with Gasteiger partial charge in [0.25, 0.3) is 21.6 Å². The van der Waals surface area contributed by atoms with Gasteiger partial charge in [-0.2, -0.15) is 5.10 Å². The van der Waals surface area contributed by atoms with Crippen LogP contribution < -0.4 is 19.2 Å². The van der Waals surface area contributed by atoms with Crippen LogP contribution in [0, 0.1) is 17.0 Å². The van der Waals surface area contributed by atoms with Gasteiger partial charge in [-0.3, -0.25) is 19.2 Å². The number of amides is 1. The van der Waals surface area contributed by atoms with Gasteiger partial charge in [0.05, 0.1) is 34.9 Å². The molecule has 11 nitrogen and oxygen atoms in total. The Morgan fingerprint density at radius 2 is 1.82 bits per heavy atom. The van der Waals surface area contributed by atoms with E-state index in [1.54, 1.807) is 31.2 Å². The van der Waals surface area contributed by atoms with Crippen LogP contribution in [-0.4, -0.2) is 45.2 Å². The molecule has 3 rings (SSSR count). The Kier molecular flexibility index (Phi) is 9.49. The molecule has 3 aromatic carbocycles. The summed E-state index contributed by atoms with van der Waals surface area (Å²) in [6.45, 7) is 4.84. The van der Waals surface area contributed by atoms with E-state index in [1.165, 1.54) is 44.4 Å². The molecular weight excluding hydrogens is 548 g/mol. The Bertz CT molecular complexity index is 1510. The first kappa shape index (κ1) is 29.4. The van der Waals surface area contributed by atoms with Gasteiger partial charge < -0.3 is 9.47 Å². The van der Waals surface area contributed by atoms with Crippen molar-refractivity contribution in [2.45, 2.75) is 25.7 Å². The molecule has 1 amide bonds. The van der Waals surface area contributed by atoms with E-state index in [4.69, 9.17) is 21.1 Å². The van der Waals surface area contributed by atoms with Crippen molar-refractivity contribution in [2.75, 3.05) is 24.6 Å². The fourth-order valence-electron chi connectivity index (χ4n) is 3.57. The van der Waals surface area contributed by atoms with Crippen LogP contribution >= 0.6 is 11.6 Å². The van der Waals surface area contributed by atoms with Crippen molar-refractivity contribution in [1.29, 1.82) is 0 Å². The molecule has 0 heterocycles. The molecule has 0 aliphatic carbocycles. The van der Waals surface area contributed by atoms with Gasteiger partial charge in [0, 0.05) is 16.7 Å². The van der Waals surface area contributed by atoms with E-state index in [0.717, 1.165) is 10.4 Å². The average Bonchev–Trinajstić information content (AvgIpc) is 2.90. The number of carbonyl (C=O) groups excluding carboxylic acids is 1. The number of nitro benzene ring substituents is 1. The molecule has 13 heteroatoms. The lowest BCUT2D eigenvalue weighted by Crippen LogP contribution is -2.40. The van der Waals surface area contributed by atoms with Crippen molar-refractivity contribution in [3.05, 3.63) is 86.9 Å². The van der Waals surface area contributed by atoms with Gasteiger partial charge in [0.1, 0.15) is 18.0 Å². The number of nitrogens with one attached hydrogen (secondary N) is 1. The van der Waals surface area contributed by atoms with Gasteiger partial charge in [0.2, 0.25) is 0 Å². The number of benzene rings is 3. The number of carbonyl (C=O) groups is 1. The summed E-state index contributed by atoms with van der Waals surface area (Å²) in [6, 6.07) is 14.8. The van der Waals surface area contributed by atoms with Crippen molar-refractivity contribution in [1.82, 2.24) is 5.43 Å². The Balaban J connectivity index is 1.97. The Hall–Kier alpha value is -4.16. The average molecular weight is 575 g/mol. The summed E-state index contributed by atoms with van der Waals surface area (Å²) >= 11 is 6.14. The number of aryl methyl sites for hydroxylation is 1. The number of nitrogens with zero attached hydrogens (tertiary/aromatic N) is 3. The van der Waals surface area contributed by atoms with Gasteiger partial charge in [-0.25, -0.2) is 13.8 Å². The van der Waals surface area contributed by atoms with E-state index in [0.29, 0.717) is 23.6 Å². The number of nitro groups is 1. The summed E-state index contributed by atoms with van der Waals surface area (Å²) in [5, 5.41) is 15.7. The first-order valence-electron chi connectivity index (χ1n) is 11.7. The third kappa shape index (κ3) is 7.03. The Morgan fingerprint density at radius 3 is 2.44 bits per heavy atom. The minimum Gasteiger partial charge on any atom is -0.495 e. The largest absolute Gasteiger partial charge is 0.495 e. The molecular formula is C26H27ClN4O7S. The molecule has 0 saturated heterocycles. The number of anilines is 1. The highest BCUT2D eigenvalue weighted by atomic mass is 35.5. The van der Waals surface area contributed by atoms with E-state index in [1.807, 2.05) is 6.92 Å². The van der Waals surface area contributed by atoms with Crippen LogP contribution in [0.3, 0.4) is 0 Å². The summed E-state index contributed by atoms with van der Waals surface area (Å²) in [6.07, 6.45) is 0. The van der Waals surface area contributed by atoms with E-state index in [9.17, 15) is 23.3 Å². The summed E-state index contributed by atoms with van der Waals surface area (Å²) in [7, 11) is -3.17. The molecule has 3 aromatic rings. The van der Waals surface area contributed by atoms with Gasteiger partial charge in [-0.05, 0) is 74.9 Å². The van der Waals surface area contributed by atoms with Crippen molar-refractivity contribution in [2.24, 2.45) is 5.10 Å². The predicted octanol–water partition coefficient (Wildman–Crippen LogP) is 4.70. The fourth-order valence-corrected chi connectivity index (χ4v) is 5.18. The number of halogens is 1. The zero-order valence-electron chi connectivity index (χ0n) is 21.7. The topological polar surface area (TPSA) is 140 Å². The molecule has 0 spiro atoms. The van der Waals surface area contributed by atoms with Crippen LogP contribution in [-0.2, 0) is 14.8 Å². The molecule has 0 bridgehead atoms. The van der Waals surface area contributed by atoms with Crippen LogP contribution in [0.5, 0.6) is 11.5 Å². The third-order valence-electron chi connectivity index (χ3n) is 5.59. The molecule has 206 valence electrons. The van der Waals surface area contributed by atoms with E-state index in [2.05, 4.69) is 10.5 Å². The second-order valence-electron chi connectivity index (χ2n) is 8.22. The first-order chi connectivity index (χ1) is 18.5. The summed E-state index contributed by atoms with van der Waals surface area (Å²) in [4.78, 5) is 23.4. The van der Waals surface area contributed by atoms with Crippen molar-refractivity contribution < 1.29 is 27.6 Å². The molecule has 0 fully saturated rings. The molecule has 0 radical (unpaired) electrons. The molecule has 0 aromatic heterocycles. The van der Waals surface area contributed by atoms with E-state index < -0.39 is 27.4 Å². The van der Waals surface area contributed by atoms with Crippen LogP contribution in [0.1, 0.15) is 25.0 Å². The SMILES string of the molecule is CCOc1ccc(/C(C)=N\NC(=O)CN(c2cc(Cl)ccc2OC)S(=O)(=O)c2ccc(C)c([N+](=O)[O-])c2)cc1. The quantitative estimate of drug-likeness (QED) is 0.199.